The number of hydrogen-bond donors (Lipinski definition) is 0. The second-order valence-corrected chi connectivity index (χ2v) is 7.22. The van der Waals surface area contributed by atoms with Crippen molar-refractivity contribution < 1.29 is 70.2 Å². The molecule has 0 fully saturated rings. The third-order valence-electron chi connectivity index (χ3n) is 3.96. The Morgan fingerprint density at radius 2 is 0.690 bits per heavy atom. The molecule has 0 aromatic rings. The monoisotopic (exact) mass is 482 g/mol. The molecule has 0 spiro atoms. The van der Waals surface area contributed by atoms with Gasteiger partial charge in [-0.3, -0.25) is 0 Å². The van der Waals surface area contributed by atoms with Crippen molar-refractivity contribution in [2.75, 3.05) is 0 Å². The molecule has 17 heteroatoms. The number of allylic oxidation sites excluding steroid dienone is 2. The van der Waals surface area contributed by atoms with Gasteiger partial charge >= 0.3 is 35.5 Å². The van der Waals surface area contributed by atoms with Crippen LogP contribution in [-0.2, 0) is 0 Å². The molecule has 2 unspecified atom stereocenters. The van der Waals surface area contributed by atoms with E-state index in [9.17, 15) is 70.2 Å². The molecule has 0 heterocycles. The molecule has 0 bridgehead atoms. The molecule has 2 aliphatic carbocycles. The molecule has 2 atom stereocenters. The highest BCUT2D eigenvalue weighted by Gasteiger charge is 2.88. The number of rotatable bonds is 2. The normalized spacial score (nSPS) is 38.8. The molecular weight excluding hydrogens is 480 g/mol. The lowest BCUT2D eigenvalue weighted by Crippen LogP contribution is -2.69. The summed E-state index contributed by atoms with van der Waals surface area (Å²) in [5.41, 5.74) is 0. The zero-order valence-corrected chi connectivity index (χ0v) is 13.4. The first-order valence-corrected chi connectivity index (χ1v) is 7.40. The molecule has 0 aromatic carbocycles. The minimum absolute atomic E-state index is 1.82. The van der Waals surface area contributed by atoms with E-state index in [1.54, 1.807) is 0 Å². The van der Waals surface area contributed by atoms with Crippen LogP contribution in [0, 0.1) is 0 Å². The fourth-order valence-electron chi connectivity index (χ4n) is 2.21. The third-order valence-corrected chi connectivity index (χ3v) is 5.30. The Hall–Kier alpha value is -1.29. The standard InChI is InChI=1S/C12H2F16S/c13-3-1-5(15,9(21,22)11(25,26)7(3,17)18)29-6(16)2-4(14)8(19,20)12(27,28)10(6,23)24/h1-2H. The maximum Gasteiger partial charge on any atom is 0.383 e. The van der Waals surface area contributed by atoms with E-state index in [2.05, 4.69) is 0 Å². The van der Waals surface area contributed by atoms with Crippen molar-refractivity contribution in [1.29, 1.82) is 0 Å². The van der Waals surface area contributed by atoms with Crippen LogP contribution in [0.2, 0.25) is 0 Å². The van der Waals surface area contributed by atoms with E-state index >= 15 is 0 Å². The Bertz CT molecular complexity index is 717. The topological polar surface area (TPSA) is 0 Å². The highest BCUT2D eigenvalue weighted by molar-refractivity contribution is 8.02. The summed E-state index contributed by atoms with van der Waals surface area (Å²) in [6, 6.07) is 0. The second-order valence-electron chi connectivity index (χ2n) is 5.82. The van der Waals surface area contributed by atoms with Crippen LogP contribution >= 0.6 is 11.8 Å². The lowest BCUT2D eigenvalue weighted by atomic mass is 9.91. The van der Waals surface area contributed by atoms with Crippen molar-refractivity contribution in [2.45, 2.75) is 45.5 Å². The van der Waals surface area contributed by atoms with Crippen molar-refractivity contribution in [3.05, 3.63) is 23.8 Å². The largest absolute Gasteiger partial charge is 0.383 e. The Balaban J connectivity index is 2.74. The van der Waals surface area contributed by atoms with Crippen molar-refractivity contribution >= 4 is 11.8 Å². The van der Waals surface area contributed by atoms with Gasteiger partial charge in [0.1, 0.15) is 0 Å². The van der Waals surface area contributed by atoms with E-state index in [0.29, 0.717) is 0 Å². The molecule has 0 N–H and O–H groups in total. The molecule has 168 valence electrons. The average molecular weight is 482 g/mol. The molecule has 29 heavy (non-hydrogen) atoms. The Morgan fingerprint density at radius 3 is 0.931 bits per heavy atom. The van der Waals surface area contributed by atoms with E-state index in [0.717, 1.165) is 0 Å². The molecular formula is C12H2F16S. The van der Waals surface area contributed by atoms with Crippen LogP contribution in [0.15, 0.2) is 23.8 Å². The molecule has 0 saturated heterocycles. The summed E-state index contributed by atoms with van der Waals surface area (Å²) in [4.78, 5) is 0. The predicted molar refractivity (Wildman–Crippen MR) is 63.3 cm³/mol. The van der Waals surface area contributed by atoms with Gasteiger partial charge in [-0.15, -0.1) is 0 Å². The molecule has 0 amide bonds. The van der Waals surface area contributed by atoms with Crippen LogP contribution in [0.1, 0.15) is 0 Å². The first-order valence-electron chi connectivity index (χ1n) is 6.59. The first kappa shape index (κ1) is 24.0. The molecule has 0 saturated carbocycles. The smallest absolute Gasteiger partial charge is 0.220 e. The highest BCUT2D eigenvalue weighted by Crippen LogP contribution is 2.69. The third kappa shape index (κ3) is 2.50. The maximum absolute atomic E-state index is 14.3. The highest BCUT2D eigenvalue weighted by atomic mass is 32.2. The molecule has 0 aromatic heterocycles. The fraction of sp³-hybridized carbons (Fsp3) is 0.667. The van der Waals surface area contributed by atoms with Crippen LogP contribution in [0.25, 0.3) is 0 Å². The van der Waals surface area contributed by atoms with Gasteiger partial charge in [-0.1, -0.05) is 11.8 Å². The van der Waals surface area contributed by atoms with Crippen LogP contribution in [0.3, 0.4) is 0 Å². The Morgan fingerprint density at radius 1 is 0.448 bits per heavy atom. The molecule has 0 nitrogen and oxygen atoms in total. The van der Waals surface area contributed by atoms with Gasteiger partial charge in [0.2, 0.25) is 0 Å². The molecule has 2 rings (SSSR count). The van der Waals surface area contributed by atoms with Gasteiger partial charge in [-0.05, 0) is 0 Å². The second kappa shape index (κ2) is 5.69. The summed E-state index contributed by atoms with van der Waals surface area (Å²) in [7, 11) is 0. The van der Waals surface area contributed by atoms with Gasteiger partial charge in [0.15, 0.2) is 11.7 Å². The first-order chi connectivity index (χ1) is 12.5. The number of hydrogen-bond acceptors (Lipinski definition) is 1. The van der Waals surface area contributed by atoms with Gasteiger partial charge < -0.3 is 0 Å². The van der Waals surface area contributed by atoms with E-state index in [1.807, 2.05) is 0 Å². The summed E-state index contributed by atoms with van der Waals surface area (Å²) in [5, 5.41) is -12.0. The minimum Gasteiger partial charge on any atom is -0.220 e. The maximum atomic E-state index is 14.3. The minimum atomic E-state index is -7.07. The zero-order valence-electron chi connectivity index (χ0n) is 12.6. The summed E-state index contributed by atoms with van der Waals surface area (Å²) in [6.07, 6.45) is -3.63. The summed E-state index contributed by atoms with van der Waals surface area (Å²) < 4.78 is 214. The van der Waals surface area contributed by atoms with Gasteiger partial charge in [-0.2, -0.15) is 52.7 Å². The molecule has 2 aliphatic rings. The van der Waals surface area contributed by atoms with Crippen LogP contribution in [0.4, 0.5) is 70.2 Å². The lowest BCUT2D eigenvalue weighted by molar-refractivity contribution is -0.331. The average Bonchev–Trinajstić information content (AvgIpc) is 2.51. The van der Waals surface area contributed by atoms with Crippen LogP contribution < -0.4 is 0 Å². The van der Waals surface area contributed by atoms with Crippen molar-refractivity contribution in [1.82, 2.24) is 0 Å². The van der Waals surface area contributed by atoms with E-state index in [1.165, 1.54) is 0 Å². The fourth-order valence-corrected chi connectivity index (χ4v) is 3.48. The quantitative estimate of drug-likeness (QED) is 0.400. The van der Waals surface area contributed by atoms with Gasteiger partial charge in [0.25, 0.3) is 10.0 Å². The Labute approximate surface area is 152 Å². The van der Waals surface area contributed by atoms with Crippen molar-refractivity contribution in [2.24, 2.45) is 0 Å². The van der Waals surface area contributed by atoms with Crippen molar-refractivity contribution in [3.63, 3.8) is 0 Å². The summed E-state index contributed by atoms with van der Waals surface area (Å²) >= 11 is -2.72. The summed E-state index contributed by atoms with van der Waals surface area (Å²) in [5.74, 6) is -48.5. The van der Waals surface area contributed by atoms with Gasteiger partial charge in [0.05, 0.1) is 0 Å². The van der Waals surface area contributed by atoms with E-state index < -0.39 is 81.1 Å². The Kier molecular flexibility index (Phi) is 4.70. The number of halogens is 16. The zero-order chi connectivity index (χ0) is 23.3. The SMILES string of the molecule is FC1=CC(F)(SC2(F)C=C(F)C(F)(F)C(F)(F)C2(F)F)C(F)(F)C(F)(F)C1(F)F. The predicted octanol–water partition coefficient (Wildman–Crippen LogP) is 6.60. The van der Waals surface area contributed by atoms with Crippen molar-refractivity contribution in [3.8, 4) is 0 Å². The summed E-state index contributed by atoms with van der Waals surface area (Å²) in [6.45, 7) is 0. The molecule has 0 aliphatic heterocycles. The number of alkyl halides is 14. The number of thioether (sulfide) groups is 1. The van der Waals surface area contributed by atoms with Gasteiger partial charge in [0, 0.05) is 12.2 Å². The lowest BCUT2D eigenvalue weighted by Gasteiger charge is -2.47. The van der Waals surface area contributed by atoms with Gasteiger partial charge in [-0.25, -0.2) is 17.6 Å². The molecule has 0 radical (unpaired) electrons. The van der Waals surface area contributed by atoms with Crippen LogP contribution in [-0.4, -0.2) is 45.5 Å². The van der Waals surface area contributed by atoms with E-state index in [-0.39, 0.29) is 0 Å². The van der Waals surface area contributed by atoms with Crippen LogP contribution in [0.5, 0.6) is 0 Å². The van der Waals surface area contributed by atoms with E-state index in [4.69, 9.17) is 0 Å².